The van der Waals surface area contributed by atoms with Gasteiger partial charge < -0.3 is 5.32 Å². The number of anilines is 1. The van der Waals surface area contributed by atoms with Gasteiger partial charge in [0.15, 0.2) is 0 Å². The third-order valence-corrected chi connectivity index (χ3v) is 5.57. The van der Waals surface area contributed by atoms with Gasteiger partial charge in [-0.25, -0.2) is 4.68 Å². The number of tetrazole rings is 1. The lowest BCUT2D eigenvalue weighted by Gasteiger charge is -2.10. The topological polar surface area (TPSA) is 72.7 Å². The Morgan fingerprint density at radius 3 is 2.84 bits per heavy atom. The summed E-state index contributed by atoms with van der Waals surface area (Å²) in [7, 11) is 0. The molecule has 0 radical (unpaired) electrons. The van der Waals surface area contributed by atoms with Gasteiger partial charge >= 0.3 is 0 Å². The molecule has 0 bridgehead atoms. The fourth-order valence-electron chi connectivity index (χ4n) is 2.26. The van der Waals surface area contributed by atoms with Crippen LogP contribution in [0, 0.1) is 13.8 Å². The van der Waals surface area contributed by atoms with E-state index in [4.69, 9.17) is 0 Å². The molecule has 1 aromatic heterocycles. The van der Waals surface area contributed by atoms with Crippen molar-refractivity contribution in [1.82, 2.24) is 20.2 Å². The molecule has 0 saturated carbocycles. The number of amides is 1. The molecule has 0 aliphatic heterocycles. The van der Waals surface area contributed by atoms with Crippen LogP contribution >= 0.6 is 27.7 Å². The molecule has 0 spiro atoms. The molecule has 0 saturated heterocycles. The van der Waals surface area contributed by atoms with Crippen molar-refractivity contribution in [3.8, 4) is 5.69 Å². The van der Waals surface area contributed by atoms with Crippen LogP contribution in [0.15, 0.2) is 52.1 Å². The first-order valence-electron chi connectivity index (χ1n) is 7.56. The third kappa shape index (κ3) is 4.46. The molecule has 1 amide bonds. The molecule has 25 heavy (non-hydrogen) atoms. The Labute approximate surface area is 158 Å². The third-order valence-electron chi connectivity index (χ3n) is 3.56. The number of carbonyl (C=O) groups is 1. The Kier molecular flexibility index (Phi) is 5.50. The second-order valence-corrected chi connectivity index (χ2v) is 7.38. The van der Waals surface area contributed by atoms with Gasteiger partial charge in [0.05, 0.1) is 11.4 Å². The minimum atomic E-state index is -0.0566. The number of nitrogens with one attached hydrogen (secondary N) is 1. The molecule has 0 aliphatic rings. The normalized spacial score (nSPS) is 10.7. The van der Waals surface area contributed by atoms with E-state index in [2.05, 4.69) is 48.9 Å². The zero-order valence-electron chi connectivity index (χ0n) is 13.7. The molecular formula is C17H16BrN5OS. The molecule has 1 heterocycles. The first-order chi connectivity index (χ1) is 12.0. The Morgan fingerprint density at radius 2 is 2.08 bits per heavy atom. The predicted molar refractivity (Wildman–Crippen MR) is 102 cm³/mol. The van der Waals surface area contributed by atoms with E-state index < -0.39 is 0 Å². The smallest absolute Gasteiger partial charge is 0.234 e. The van der Waals surface area contributed by atoms with Gasteiger partial charge in [0.2, 0.25) is 5.91 Å². The van der Waals surface area contributed by atoms with Crippen molar-refractivity contribution in [2.24, 2.45) is 0 Å². The average molecular weight is 418 g/mol. The number of benzene rings is 2. The van der Waals surface area contributed by atoms with Crippen LogP contribution in [-0.2, 0) is 4.79 Å². The van der Waals surface area contributed by atoms with Gasteiger partial charge in [-0.1, -0.05) is 22.0 Å². The van der Waals surface area contributed by atoms with Crippen molar-refractivity contribution in [2.45, 2.75) is 18.7 Å². The number of halogens is 1. The molecule has 3 rings (SSSR count). The van der Waals surface area contributed by atoms with E-state index >= 15 is 0 Å². The summed E-state index contributed by atoms with van der Waals surface area (Å²) in [6.45, 7) is 4.08. The van der Waals surface area contributed by atoms with Crippen molar-refractivity contribution in [3.05, 3.63) is 58.3 Å². The zero-order valence-corrected chi connectivity index (χ0v) is 16.1. The molecule has 0 unspecified atom stereocenters. The van der Waals surface area contributed by atoms with Crippen LogP contribution in [0.5, 0.6) is 0 Å². The molecule has 128 valence electrons. The summed E-state index contributed by atoms with van der Waals surface area (Å²) in [5.41, 5.74) is 3.80. The molecule has 1 N–H and O–H groups in total. The highest BCUT2D eigenvalue weighted by Crippen LogP contribution is 2.28. The van der Waals surface area contributed by atoms with Crippen LogP contribution in [0.4, 0.5) is 5.69 Å². The van der Waals surface area contributed by atoms with E-state index in [0.29, 0.717) is 11.4 Å². The monoisotopic (exact) mass is 417 g/mol. The van der Waals surface area contributed by atoms with Crippen LogP contribution < -0.4 is 5.32 Å². The standard InChI is InChI=1S/C17H16BrN5OS/c1-11-7-16(12(2)6-15(11)18)25-9-17(24)20-13-4-3-5-14(8-13)23-10-19-21-22-23/h3-8,10H,9H2,1-2H3,(H,20,24). The number of hydrogen-bond donors (Lipinski definition) is 1. The maximum absolute atomic E-state index is 12.3. The molecule has 6 nitrogen and oxygen atoms in total. The quantitative estimate of drug-likeness (QED) is 0.639. The Bertz CT molecular complexity index is 898. The van der Waals surface area contributed by atoms with E-state index in [1.165, 1.54) is 18.1 Å². The minimum absolute atomic E-state index is 0.0566. The summed E-state index contributed by atoms with van der Waals surface area (Å²) >= 11 is 5.05. The second kappa shape index (κ2) is 7.79. The first kappa shape index (κ1) is 17.6. The number of carbonyl (C=O) groups excluding carboxylic acids is 1. The van der Waals surface area contributed by atoms with Gasteiger partial charge in [0, 0.05) is 15.1 Å². The Balaban J connectivity index is 1.63. The molecule has 2 aromatic carbocycles. The average Bonchev–Trinajstić information content (AvgIpc) is 3.12. The zero-order chi connectivity index (χ0) is 17.8. The van der Waals surface area contributed by atoms with Crippen LogP contribution in [0.2, 0.25) is 0 Å². The summed E-state index contributed by atoms with van der Waals surface area (Å²) in [4.78, 5) is 13.4. The van der Waals surface area contributed by atoms with Gasteiger partial charge in [0.1, 0.15) is 6.33 Å². The SMILES string of the molecule is Cc1cc(SCC(=O)Nc2cccc(-n3cnnn3)c2)c(C)cc1Br. The van der Waals surface area contributed by atoms with Crippen LogP contribution in [0.3, 0.4) is 0 Å². The maximum atomic E-state index is 12.3. The highest BCUT2D eigenvalue weighted by molar-refractivity contribution is 9.10. The van der Waals surface area contributed by atoms with Crippen molar-refractivity contribution in [1.29, 1.82) is 0 Å². The van der Waals surface area contributed by atoms with Crippen LogP contribution in [-0.4, -0.2) is 31.9 Å². The summed E-state index contributed by atoms with van der Waals surface area (Å²) < 4.78 is 2.62. The van der Waals surface area contributed by atoms with E-state index in [9.17, 15) is 4.79 Å². The number of nitrogens with zero attached hydrogens (tertiary/aromatic N) is 4. The molecule has 0 fully saturated rings. The highest BCUT2D eigenvalue weighted by Gasteiger charge is 2.08. The van der Waals surface area contributed by atoms with Gasteiger partial charge in [-0.3, -0.25) is 4.79 Å². The van der Waals surface area contributed by atoms with E-state index in [1.807, 2.05) is 38.1 Å². The summed E-state index contributed by atoms with van der Waals surface area (Å²) in [6, 6.07) is 11.6. The van der Waals surface area contributed by atoms with Crippen LogP contribution in [0.25, 0.3) is 5.69 Å². The van der Waals surface area contributed by atoms with E-state index in [0.717, 1.165) is 26.2 Å². The Morgan fingerprint density at radius 1 is 1.24 bits per heavy atom. The fraction of sp³-hybridized carbons (Fsp3) is 0.176. The lowest BCUT2D eigenvalue weighted by Crippen LogP contribution is -2.14. The number of rotatable bonds is 5. The van der Waals surface area contributed by atoms with E-state index in [-0.39, 0.29) is 5.91 Å². The summed E-state index contributed by atoms with van der Waals surface area (Å²) in [5, 5.41) is 14.0. The summed E-state index contributed by atoms with van der Waals surface area (Å²) in [5.74, 6) is 0.288. The van der Waals surface area contributed by atoms with Crippen LogP contribution in [0.1, 0.15) is 11.1 Å². The predicted octanol–water partition coefficient (Wildman–Crippen LogP) is 3.77. The number of hydrogen-bond acceptors (Lipinski definition) is 5. The molecular weight excluding hydrogens is 402 g/mol. The molecule has 0 atom stereocenters. The van der Waals surface area contributed by atoms with Gasteiger partial charge in [-0.05, 0) is 65.7 Å². The van der Waals surface area contributed by atoms with Crippen molar-refractivity contribution < 1.29 is 4.79 Å². The fourth-order valence-corrected chi connectivity index (χ4v) is 3.62. The molecule has 8 heteroatoms. The minimum Gasteiger partial charge on any atom is -0.325 e. The largest absolute Gasteiger partial charge is 0.325 e. The number of aryl methyl sites for hydroxylation is 2. The van der Waals surface area contributed by atoms with Crippen molar-refractivity contribution in [2.75, 3.05) is 11.1 Å². The van der Waals surface area contributed by atoms with Crippen molar-refractivity contribution >= 4 is 39.3 Å². The Hall–Kier alpha value is -2.19. The lowest BCUT2D eigenvalue weighted by atomic mass is 10.2. The highest BCUT2D eigenvalue weighted by atomic mass is 79.9. The second-order valence-electron chi connectivity index (χ2n) is 5.51. The summed E-state index contributed by atoms with van der Waals surface area (Å²) in [6.07, 6.45) is 1.51. The molecule has 0 aliphatic carbocycles. The lowest BCUT2D eigenvalue weighted by molar-refractivity contribution is -0.113. The van der Waals surface area contributed by atoms with Gasteiger partial charge in [0.25, 0.3) is 0 Å². The number of aromatic nitrogens is 4. The maximum Gasteiger partial charge on any atom is 0.234 e. The molecule has 3 aromatic rings. The van der Waals surface area contributed by atoms with Gasteiger partial charge in [-0.15, -0.1) is 16.9 Å². The van der Waals surface area contributed by atoms with Gasteiger partial charge in [-0.2, -0.15) is 0 Å². The van der Waals surface area contributed by atoms with Crippen molar-refractivity contribution in [3.63, 3.8) is 0 Å². The van der Waals surface area contributed by atoms with E-state index in [1.54, 1.807) is 4.68 Å². The first-order valence-corrected chi connectivity index (χ1v) is 9.33. The number of thioether (sulfide) groups is 1.